The number of ketones is 1. The minimum atomic E-state index is -0.768. The van der Waals surface area contributed by atoms with Gasteiger partial charge in [-0.1, -0.05) is 13.0 Å². The third kappa shape index (κ3) is 3.41. The van der Waals surface area contributed by atoms with Gasteiger partial charge in [0.15, 0.2) is 5.78 Å². The molecule has 0 saturated heterocycles. The molecule has 5 nitrogen and oxygen atoms in total. The summed E-state index contributed by atoms with van der Waals surface area (Å²) in [4.78, 5) is 28.4. The normalized spacial score (nSPS) is 11.1. The number of hydrogen-bond donors (Lipinski definition) is 1. The molecule has 0 saturated carbocycles. The number of carbonyl (C=O) groups excluding carboxylic acids is 1. The molecule has 0 aromatic carbocycles. The second kappa shape index (κ2) is 7.31. The van der Waals surface area contributed by atoms with Gasteiger partial charge in [0.05, 0.1) is 5.56 Å². The van der Waals surface area contributed by atoms with Crippen molar-refractivity contribution in [3.8, 4) is 0 Å². The van der Waals surface area contributed by atoms with E-state index in [0.717, 1.165) is 23.2 Å². The van der Waals surface area contributed by atoms with Gasteiger partial charge in [0.25, 0.3) is 0 Å². The number of pyridine rings is 3. The zero-order chi connectivity index (χ0) is 19.7. The second-order valence-corrected chi connectivity index (χ2v) is 6.77. The van der Waals surface area contributed by atoms with Crippen molar-refractivity contribution in [1.82, 2.24) is 19.9 Å². The van der Waals surface area contributed by atoms with E-state index in [-0.39, 0.29) is 5.56 Å². The number of aromatic amines is 1. The molecule has 28 heavy (non-hydrogen) atoms. The Morgan fingerprint density at radius 3 is 2.61 bits per heavy atom. The number of rotatable bonds is 5. The number of halogens is 1. The summed E-state index contributed by atoms with van der Waals surface area (Å²) < 4.78 is 14.6. The van der Waals surface area contributed by atoms with Crippen molar-refractivity contribution >= 4 is 16.8 Å². The first-order valence-corrected chi connectivity index (χ1v) is 9.13. The number of hydrogen-bond acceptors (Lipinski definition) is 4. The van der Waals surface area contributed by atoms with Gasteiger partial charge in [0.1, 0.15) is 5.65 Å². The fraction of sp³-hybridized carbons (Fsp3) is 0.182. The number of H-pyrrole nitrogens is 1. The topological polar surface area (TPSA) is 71.5 Å². The van der Waals surface area contributed by atoms with Crippen LogP contribution in [0.4, 0.5) is 4.39 Å². The summed E-state index contributed by atoms with van der Waals surface area (Å²) in [5.41, 5.74) is 4.37. The van der Waals surface area contributed by atoms with Crippen molar-refractivity contribution in [2.24, 2.45) is 0 Å². The minimum Gasteiger partial charge on any atom is -0.345 e. The summed E-state index contributed by atoms with van der Waals surface area (Å²) in [6, 6.07) is 8.96. The zero-order valence-electron chi connectivity index (χ0n) is 15.7. The molecule has 0 aliphatic carbocycles. The third-order valence-corrected chi connectivity index (χ3v) is 4.70. The fourth-order valence-electron chi connectivity index (χ4n) is 3.16. The highest BCUT2D eigenvalue weighted by Crippen LogP contribution is 2.22. The van der Waals surface area contributed by atoms with Gasteiger partial charge in [-0.05, 0) is 48.7 Å². The van der Waals surface area contributed by atoms with Crippen LogP contribution in [0.1, 0.15) is 45.4 Å². The summed E-state index contributed by atoms with van der Waals surface area (Å²) in [6.07, 6.45) is 6.38. The lowest BCUT2D eigenvalue weighted by atomic mass is 10.0. The second-order valence-electron chi connectivity index (χ2n) is 6.77. The van der Waals surface area contributed by atoms with Crippen LogP contribution >= 0.6 is 0 Å². The Balaban J connectivity index is 1.61. The van der Waals surface area contributed by atoms with Crippen molar-refractivity contribution in [3.05, 3.63) is 88.5 Å². The molecule has 4 aromatic heterocycles. The van der Waals surface area contributed by atoms with Crippen molar-refractivity contribution in [3.63, 3.8) is 0 Å². The van der Waals surface area contributed by atoms with E-state index in [1.54, 1.807) is 24.7 Å². The Kier molecular flexibility index (Phi) is 4.69. The Bertz CT molecular complexity index is 1170. The van der Waals surface area contributed by atoms with Crippen LogP contribution in [-0.4, -0.2) is 25.7 Å². The van der Waals surface area contributed by atoms with Crippen LogP contribution in [0.5, 0.6) is 0 Å². The van der Waals surface area contributed by atoms with Crippen LogP contribution in [0.2, 0.25) is 0 Å². The molecule has 0 unspecified atom stereocenters. The Hall–Kier alpha value is -3.41. The van der Waals surface area contributed by atoms with Crippen LogP contribution < -0.4 is 0 Å². The Labute approximate surface area is 161 Å². The van der Waals surface area contributed by atoms with Crippen LogP contribution in [-0.2, 0) is 12.8 Å². The average Bonchev–Trinajstić information content (AvgIpc) is 3.11. The van der Waals surface area contributed by atoms with Gasteiger partial charge in [-0.25, -0.2) is 9.97 Å². The van der Waals surface area contributed by atoms with Gasteiger partial charge in [-0.15, -0.1) is 0 Å². The Morgan fingerprint density at radius 2 is 1.89 bits per heavy atom. The van der Waals surface area contributed by atoms with Crippen molar-refractivity contribution in [1.29, 1.82) is 0 Å². The van der Waals surface area contributed by atoms with Crippen LogP contribution in [0, 0.1) is 12.9 Å². The molecule has 4 aromatic rings. The van der Waals surface area contributed by atoms with E-state index in [1.807, 2.05) is 32.0 Å². The van der Waals surface area contributed by atoms with Crippen molar-refractivity contribution in [2.75, 3.05) is 0 Å². The lowest BCUT2D eigenvalue weighted by Crippen LogP contribution is -2.07. The SMILES string of the molecule is CCc1ccc(Cc2ccc(C(=O)c3c[nH]c4ncc(C)cc34)c(F)n2)cn1. The smallest absolute Gasteiger partial charge is 0.224 e. The number of nitrogens with zero attached hydrogens (tertiary/aromatic N) is 3. The largest absolute Gasteiger partial charge is 0.345 e. The standard InChI is InChI=1S/C22H19FN4O/c1-3-15-5-4-14(11-24-15)9-16-6-7-17(21(23)27-16)20(28)19-12-26-22-18(19)8-13(2)10-25-22/h4-8,10-12H,3,9H2,1-2H3,(H,25,26). The molecule has 4 rings (SSSR count). The molecule has 0 amide bonds. The summed E-state index contributed by atoms with van der Waals surface area (Å²) in [7, 11) is 0. The quantitative estimate of drug-likeness (QED) is 0.420. The van der Waals surface area contributed by atoms with E-state index in [4.69, 9.17) is 0 Å². The number of fused-ring (bicyclic) bond motifs is 1. The van der Waals surface area contributed by atoms with Crippen LogP contribution in [0.15, 0.2) is 48.9 Å². The number of aryl methyl sites for hydroxylation is 2. The summed E-state index contributed by atoms with van der Waals surface area (Å²) in [5, 5.41) is 0.676. The molecule has 0 fully saturated rings. The molecule has 140 valence electrons. The van der Waals surface area contributed by atoms with E-state index in [1.165, 1.54) is 6.07 Å². The molecule has 0 atom stereocenters. The van der Waals surface area contributed by atoms with E-state index in [2.05, 4.69) is 19.9 Å². The first kappa shape index (κ1) is 18.0. The van der Waals surface area contributed by atoms with Gasteiger partial charge < -0.3 is 4.98 Å². The maximum Gasteiger partial charge on any atom is 0.224 e. The molecule has 1 N–H and O–H groups in total. The van der Waals surface area contributed by atoms with Crippen molar-refractivity contribution < 1.29 is 9.18 Å². The van der Waals surface area contributed by atoms with Gasteiger partial charge >= 0.3 is 0 Å². The molecule has 0 radical (unpaired) electrons. The highest BCUT2D eigenvalue weighted by Gasteiger charge is 2.19. The predicted molar refractivity (Wildman–Crippen MR) is 105 cm³/mol. The van der Waals surface area contributed by atoms with Crippen LogP contribution in [0.3, 0.4) is 0 Å². The minimum absolute atomic E-state index is 0.0504. The van der Waals surface area contributed by atoms with Gasteiger partial charge in [-0.2, -0.15) is 4.39 Å². The van der Waals surface area contributed by atoms with E-state index >= 15 is 0 Å². The predicted octanol–water partition coefficient (Wildman–Crippen LogP) is 4.18. The summed E-state index contributed by atoms with van der Waals surface area (Å²) >= 11 is 0. The third-order valence-electron chi connectivity index (χ3n) is 4.70. The number of carbonyl (C=O) groups is 1. The first-order valence-electron chi connectivity index (χ1n) is 9.13. The molecule has 0 aliphatic rings. The number of aromatic nitrogens is 4. The molecule has 0 aliphatic heterocycles. The monoisotopic (exact) mass is 374 g/mol. The fourth-order valence-corrected chi connectivity index (χ4v) is 3.16. The van der Waals surface area contributed by atoms with Crippen LogP contribution in [0.25, 0.3) is 11.0 Å². The van der Waals surface area contributed by atoms with E-state index in [9.17, 15) is 9.18 Å². The summed E-state index contributed by atoms with van der Waals surface area (Å²) in [5.74, 6) is -1.18. The Morgan fingerprint density at radius 1 is 1.07 bits per heavy atom. The van der Waals surface area contributed by atoms with E-state index < -0.39 is 11.7 Å². The van der Waals surface area contributed by atoms with Crippen molar-refractivity contribution in [2.45, 2.75) is 26.7 Å². The molecule has 0 spiro atoms. The summed E-state index contributed by atoms with van der Waals surface area (Å²) in [6.45, 7) is 3.94. The zero-order valence-corrected chi connectivity index (χ0v) is 15.7. The lowest BCUT2D eigenvalue weighted by molar-refractivity contribution is 0.103. The van der Waals surface area contributed by atoms with Gasteiger partial charge in [0, 0.05) is 47.3 Å². The highest BCUT2D eigenvalue weighted by molar-refractivity contribution is 6.15. The van der Waals surface area contributed by atoms with Gasteiger partial charge in [-0.3, -0.25) is 9.78 Å². The van der Waals surface area contributed by atoms with E-state index in [0.29, 0.717) is 28.7 Å². The molecule has 4 heterocycles. The first-order chi connectivity index (χ1) is 13.5. The average molecular weight is 374 g/mol. The van der Waals surface area contributed by atoms with Gasteiger partial charge in [0.2, 0.25) is 5.95 Å². The lowest BCUT2D eigenvalue weighted by Gasteiger charge is -2.06. The molecular weight excluding hydrogens is 355 g/mol. The maximum atomic E-state index is 14.6. The highest BCUT2D eigenvalue weighted by atomic mass is 19.1. The molecular formula is C22H19FN4O. The molecule has 6 heteroatoms. The molecule has 0 bridgehead atoms. The number of nitrogens with one attached hydrogen (secondary N) is 1. The maximum absolute atomic E-state index is 14.6.